The van der Waals surface area contributed by atoms with Crippen LogP contribution in [0.2, 0.25) is 0 Å². The van der Waals surface area contributed by atoms with Gasteiger partial charge in [-0.05, 0) is 43.6 Å². The first-order valence-corrected chi connectivity index (χ1v) is 6.91. The summed E-state index contributed by atoms with van der Waals surface area (Å²) < 4.78 is 5.29. The van der Waals surface area contributed by atoms with E-state index in [1.165, 1.54) is 24.9 Å². The molecule has 1 aliphatic heterocycles. The van der Waals surface area contributed by atoms with Crippen molar-refractivity contribution in [1.82, 2.24) is 10.2 Å². The Hall–Kier alpha value is -1.06. The van der Waals surface area contributed by atoms with E-state index in [0.717, 1.165) is 25.4 Å². The third-order valence-corrected chi connectivity index (χ3v) is 3.58. The Morgan fingerprint density at radius 2 is 2.33 bits per heavy atom. The number of nitrogens with one attached hydrogen (secondary N) is 1. The highest BCUT2D eigenvalue weighted by atomic mass is 16.5. The molecule has 1 aliphatic rings. The molecule has 0 spiro atoms. The maximum Gasteiger partial charge on any atom is 0.119 e. The van der Waals surface area contributed by atoms with Crippen molar-refractivity contribution in [2.24, 2.45) is 0 Å². The molecule has 1 fully saturated rings. The zero-order valence-corrected chi connectivity index (χ0v) is 11.5. The molecule has 1 aromatic rings. The number of ether oxygens (including phenoxy) is 1. The second-order valence-corrected chi connectivity index (χ2v) is 4.97. The SMILES string of the molecule is CCCN(Cc1cccc(OC)c1)[C@H]1CCNC1. The first-order valence-electron chi connectivity index (χ1n) is 6.91. The topological polar surface area (TPSA) is 24.5 Å². The van der Waals surface area contributed by atoms with Crippen molar-refractivity contribution in [2.75, 3.05) is 26.7 Å². The minimum absolute atomic E-state index is 0.691. The molecule has 2 rings (SSSR count). The molecule has 0 saturated carbocycles. The van der Waals surface area contributed by atoms with Crippen LogP contribution in [0.15, 0.2) is 24.3 Å². The van der Waals surface area contributed by atoms with Crippen molar-refractivity contribution in [2.45, 2.75) is 32.4 Å². The number of hydrogen-bond donors (Lipinski definition) is 1. The summed E-state index contributed by atoms with van der Waals surface area (Å²) in [4.78, 5) is 2.59. The van der Waals surface area contributed by atoms with Crippen molar-refractivity contribution < 1.29 is 4.74 Å². The van der Waals surface area contributed by atoms with Gasteiger partial charge in [0.2, 0.25) is 0 Å². The van der Waals surface area contributed by atoms with Crippen LogP contribution in [0.3, 0.4) is 0 Å². The molecule has 0 aliphatic carbocycles. The van der Waals surface area contributed by atoms with Crippen LogP contribution in [0.25, 0.3) is 0 Å². The monoisotopic (exact) mass is 248 g/mol. The largest absolute Gasteiger partial charge is 0.497 e. The highest BCUT2D eigenvalue weighted by Crippen LogP contribution is 2.17. The molecule has 1 atom stereocenters. The molecule has 0 amide bonds. The highest BCUT2D eigenvalue weighted by Gasteiger charge is 2.21. The van der Waals surface area contributed by atoms with E-state index in [2.05, 4.69) is 35.3 Å². The zero-order chi connectivity index (χ0) is 12.8. The standard InChI is InChI=1S/C15H24N2O/c1-3-9-17(14-7-8-16-11-14)12-13-5-4-6-15(10-13)18-2/h4-6,10,14,16H,3,7-9,11-12H2,1-2H3/t14-/m0/s1. The van der Waals surface area contributed by atoms with Gasteiger partial charge in [0.15, 0.2) is 0 Å². The Morgan fingerprint density at radius 1 is 1.44 bits per heavy atom. The van der Waals surface area contributed by atoms with Crippen LogP contribution in [-0.2, 0) is 6.54 Å². The average Bonchev–Trinajstić information content (AvgIpc) is 2.92. The van der Waals surface area contributed by atoms with E-state index < -0.39 is 0 Å². The van der Waals surface area contributed by atoms with Gasteiger partial charge >= 0.3 is 0 Å². The minimum Gasteiger partial charge on any atom is -0.497 e. The van der Waals surface area contributed by atoms with Gasteiger partial charge in [-0.25, -0.2) is 0 Å². The summed E-state index contributed by atoms with van der Waals surface area (Å²) in [5, 5.41) is 3.45. The number of hydrogen-bond acceptors (Lipinski definition) is 3. The third-order valence-electron chi connectivity index (χ3n) is 3.58. The normalized spacial score (nSPS) is 19.4. The maximum atomic E-state index is 5.29. The van der Waals surface area contributed by atoms with E-state index >= 15 is 0 Å². The van der Waals surface area contributed by atoms with Crippen molar-refractivity contribution in [3.05, 3.63) is 29.8 Å². The van der Waals surface area contributed by atoms with Crippen molar-refractivity contribution in [3.8, 4) is 5.75 Å². The molecule has 1 N–H and O–H groups in total. The first-order chi connectivity index (χ1) is 8.83. The summed E-state index contributed by atoms with van der Waals surface area (Å²) >= 11 is 0. The lowest BCUT2D eigenvalue weighted by atomic mass is 10.1. The van der Waals surface area contributed by atoms with E-state index in [9.17, 15) is 0 Å². The fourth-order valence-corrected chi connectivity index (χ4v) is 2.63. The van der Waals surface area contributed by atoms with Gasteiger partial charge in [-0.1, -0.05) is 19.1 Å². The van der Waals surface area contributed by atoms with Crippen LogP contribution in [0, 0.1) is 0 Å². The molecule has 1 saturated heterocycles. The first kappa shape index (κ1) is 13.4. The van der Waals surface area contributed by atoms with Crippen LogP contribution in [0.5, 0.6) is 5.75 Å². The molecular formula is C15H24N2O. The fraction of sp³-hybridized carbons (Fsp3) is 0.600. The van der Waals surface area contributed by atoms with Crippen molar-refractivity contribution >= 4 is 0 Å². The molecule has 0 aromatic heterocycles. The highest BCUT2D eigenvalue weighted by molar-refractivity contribution is 5.28. The third kappa shape index (κ3) is 3.47. The molecular weight excluding hydrogens is 224 g/mol. The van der Waals surface area contributed by atoms with Gasteiger partial charge in [0, 0.05) is 19.1 Å². The summed E-state index contributed by atoms with van der Waals surface area (Å²) in [5.41, 5.74) is 1.34. The smallest absolute Gasteiger partial charge is 0.119 e. The number of rotatable bonds is 6. The fourth-order valence-electron chi connectivity index (χ4n) is 2.63. The van der Waals surface area contributed by atoms with Gasteiger partial charge in [0.05, 0.1) is 7.11 Å². The van der Waals surface area contributed by atoms with Gasteiger partial charge in [0.1, 0.15) is 5.75 Å². The molecule has 100 valence electrons. The predicted molar refractivity (Wildman–Crippen MR) is 75.0 cm³/mol. The average molecular weight is 248 g/mol. The summed E-state index contributed by atoms with van der Waals surface area (Å²) in [6, 6.07) is 9.10. The maximum absolute atomic E-state index is 5.29. The van der Waals surface area contributed by atoms with Crippen LogP contribution in [0.4, 0.5) is 0 Å². The minimum atomic E-state index is 0.691. The lowest BCUT2D eigenvalue weighted by Crippen LogP contribution is -2.36. The van der Waals surface area contributed by atoms with Crippen LogP contribution in [-0.4, -0.2) is 37.7 Å². The van der Waals surface area contributed by atoms with E-state index in [0.29, 0.717) is 6.04 Å². The molecule has 0 bridgehead atoms. The molecule has 0 radical (unpaired) electrons. The van der Waals surface area contributed by atoms with Gasteiger partial charge in [0.25, 0.3) is 0 Å². The quantitative estimate of drug-likeness (QED) is 0.836. The molecule has 3 heteroatoms. The Kier molecular flexibility index (Phi) is 5.02. The van der Waals surface area contributed by atoms with Gasteiger partial charge in [-0.3, -0.25) is 4.90 Å². The van der Waals surface area contributed by atoms with E-state index in [1.807, 2.05) is 6.07 Å². The molecule has 1 heterocycles. The summed E-state index contributed by atoms with van der Waals surface area (Å²) in [6.07, 6.45) is 2.48. The Bertz CT molecular complexity index is 361. The second kappa shape index (κ2) is 6.76. The Balaban J connectivity index is 2.02. The van der Waals surface area contributed by atoms with Crippen molar-refractivity contribution in [3.63, 3.8) is 0 Å². The predicted octanol–water partition coefficient (Wildman–Crippen LogP) is 2.27. The summed E-state index contributed by atoms with van der Waals surface area (Å²) in [5.74, 6) is 0.952. The lowest BCUT2D eigenvalue weighted by Gasteiger charge is -2.28. The van der Waals surface area contributed by atoms with Gasteiger partial charge in [-0.2, -0.15) is 0 Å². The number of nitrogens with zero attached hydrogens (tertiary/aromatic N) is 1. The molecule has 3 nitrogen and oxygen atoms in total. The van der Waals surface area contributed by atoms with Gasteiger partial charge in [-0.15, -0.1) is 0 Å². The summed E-state index contributed by atoms with van der Waals surface area (Å²) in [7, 11) is 1.73. The van der Waals surface area contributed by atoms with Crippen LogP contribution >= 0.6 is 0 Å². The summed E-state index contributed by atoms with van der Waals surface area (Å²) in [6.45, 7) is 6.73. The Labute approximate surface area is 110 Å². The van der Waals surface area contributed by atoms with E-state index in [4.69, 9.17) is 4.74 Å². The number of benzene rings is 1. The second-order valence-electron chi connectivity index (χ2n) is 4.97. The number of methoxy groups -OCH3 is 1. The van der Waals surface area contributed by atoms with Gasteiger partial charge < -0.3 is 10.1 Å². The van der Waals surface area contributed by atoms with Crippen LogP contribution in [0.1, 0.15) is 25.3 Å². The van der Waals surface area contributed by atoms with E-state index in [1.54, 1.807) is 7.11 Å². The van der Waals surface area contributed by atoms with Crippen molar-refractivity contribution in [1.29, 1.82) is 0 Å². The molecule has 0 unspecified atom stereocenters. The van der Waals surface area contributed by atoms with Crippen LogP contribution < -0.4 is 10.1 Å². The zero-order valence-electron chi connectivity index (χ0n) is 11.5. The Morgan fingerprint density at radius 3 is 3.00 bits per heavy atom. The molecule has 1 aromatic carbocycles. The lowest BCUT2D eigenvalue weighted by molar-refractivity contribution is 0.199. The molecule has 18 heavy (non-hydrogen) atoms. The van der Waals surface area contributed by atoms with E-state index in [-0.39, 0.29) is 0 Å².